The highest BCUT2D eigenvalue weighted by atomic mass is 16.6. The number of nitrogens with one attached hydrogen (secondary N) is 2. The fraction of sp³-hybridized carbons (Fsp3) is 0.500. The second kappa shape index (κ2) is 10.4. The molecule has 0 aliphatic heterocycles. The summed E-state index contributed by atoms with van der Waals surface area (Å²) in [7, 11) is 0. The zero-order valence-electron chi connectivity index (χ0n) is 16.2. The highest BCUT2D eigenvalue weighted by Gasteiger charge is 2.23. The molecule has 3 amide bonds. The summed E-state index contributed by atoms with van der Waals surface area (Å²) in [6.45, 7) is 2.56. The molecule has 1 aliphatic carbocycles. The lowest BCUT2D eigenvalue weighted by molar-refractivity contribution is -0.150. The minimum Gasteiger partial charge on any atom is -0.482 e. The van der Waals surface area contributed by atoms with Crippen LogP contribution in [0.3, 0.4) is 0 Å². The number of ether oxygens (including phenoxy) is 2. The van der Waals surface area contributed by atoms with Crippen molar-refractivity contribution in [2.75, 3.05) is 13.2 Å². The van der Waals surface area contributed by atoms with Crippen LogP contribution < -0.4 is 15.4 Å². The van der Waals surface area contributed by atoms with E-state index >= 15 is 0 Å². The number of imide groups is 1. The van der Waals surface area contributed by atoms with Gasteiger partial charge in [-0.1, -0.05) is 19.8 Å². The minimum absolute atomic E-state index is 0.0480. The number of carbonyl (C=O) groups excluding carboxylic acids is 4. The normalized spacial score (nSPS) is 18.6. The summed E-state index contributed by atoms with van der Waals surface area (Å²) in [4.78, 5) is 46.5. The van der Waals surface area contributed by atoms with Crippen molar-refractivity contribution in [2.45, 2.75) is 45.6 Å². The van der Waals surface area contributed by atoms with E-state index in [4.69, 9.17) is 9.47 Å². The lowest BCUT2D eigenvalue weighted by atomic mass is 9.86. The first-order valence-electron chi connectivity index (χ1n) is 9.35. The molecule has 1 saturated carbocycles. The Kier molecular flexibility index (Phi) is 7.98. The van der Waals surface area contributed by atoms with Crippen LogP contribution in [-0.4, -0.2) is 42.9 Å². The number of rotatable bonds is 7. The van der Waals surface area contributed by atoms with Crippen LogP contribution in [0.15, 0.2) is 24.3 Å². The van der Waals surface area contributed by atoms with Gasteiger partial charge in [0.05, 0.1) is 0 Å². The van der Waals surface area contributed by atoms with Gasteiger partial charge < -0.3 is 14.8 Å². The largest absolute Gasteiger partial charge is 0.482 e. The number of esters is 1. The Morgan fingerprint density at radius 1 is 1.04 bits per heavy atom. The number of benzene rings is 1. The topological polar surface area (TPSA) is 111 Å². The minimum atomic E-state index is -0.743. The fourth-order valence-electron chi connectivity index (χ4n) is 3.01. The van der Waals surface area contributed by atoms with Gasteiger partial charge in [-0.2, -0.15) is 0 Å². The maximum absolute atomic E-state index is 11.9. The molecule has 0 radical (unpaired) electrons. The van der Waals surface area contributed by atoms with E-state index in [-0.39, 0.29) is 11.8 Å². The molecule has 8 nitrogen and oxygen atoms in total. The van der Waals surface area contributed by atoms with Crippen LogP contribution in [-0.2, 0) is 14.3 Å². The summed E-state index contributed by atoms with van der Waals surface area (Å²) >= 11 is 0. The molecule has 1 aromatic carbocycles. The molecule has 1 aliphatic rings. The summed E-state index contributed by atoms with van der Waals surface area (Å²) in [6, 6.07) is 5.76. The van der Waals surface area contributed by atoms with Gasteiger partial charge in [-0.15, -0.1) is 0 Å². The summed E-state index contributed by atoms with van der Waals surface area (Å²) in [5, 5.41) is 4.94. The van der Waals surface area contributed by atoms with Crippen molar-refractivity contribution < 1.29 is 28.7 Å². The van der Waals surface area contributed by atoms with Gasteiger partial charge in [0.1, 0.15) is 5.75 Å². The Hall–Kier alpha value is -2.90. The first-order valence-corrected chi connectivity index (χ1v) is 9.35. The van der Waals surface area contributed by atoms with Crippen LogP contribution >= 0.6 is 0 Å². The second-order valence-corrected chi connectivity index (χ2v) is 6.92. The maximum atomic E-state index is 11.9. The molecular weight excluding hydrogens is 364 g/mol. The predicted octanol–water partition coefficient (Wildman–Crippen LogP) is 2.22. The van der Waals surface area contributed by atoms with E-state index in [2.05, 4.69) is 17.6 Å². The maximum Gasteiger partial charge on any atom is 0.344 e. The molecule has 0 aromatic heterocycles. The van der Waals surface area contributed by atoms with E-state index in [0.717, 1.165) is 25.7 Å². The van der Waals surface area contributed by atoms with Gasteiger partial charge >= 0.3 is 12.0 Å². The van der Waals surface area contributed by atoms with Gasteiger partial charge in [-0.25, -0.2) is 9.59 Å². The Morgan fingerprint density at radius 2 is 1.71 bits per heavy atom. The van der Waals surface area contributed by atoms with E-state index in [1.165, 1.54) is 6.92 Å². The number of urea groups is 1. The molecule has 1 aromatic rings. The molecule has 0 spiro atoms. The monoisotopic (exact) mass is 390 g/mol. The third-order valence-corrected chi connectivity index (χ3v) is 4.66. The fourth-order valence-corrected chi connectivity index (χ4v) is 3.01. The predicted molar refractivity (Wildman–Crippen MR) is 101 cm³/mol. The van der Waals surface area contributed by atoms with E-state index in [0.29, 0.717) is 17.2 Å². The first kappa shape index (κ1) is 21.4. The van der Waals surface area contributed by atoms with Crippen molar-refractivity contribution in [3.05, 3.63) is 29.8 Å². The van der Waals surface area contributed by atoms with E-state index < -0.39 is 31.1 Å². The van der Waals surface area contributed by atoms with Gasteiger partial charge in [0.2, 0.25) is 0 Å². The van der Waals surface area contributed by atoms with Crippen molar-refractivity contribution in [1.29, 1.82) is 0 Å². The summed E-state index contributed by atoms with van der Waals surface area (Å²) in [5.74, 6) is -0.757. The molecule has 2 rings (SSSR count). The standard InChI is InChI=1S/C20H26N2O6/c1-13-5-3-4-6-17(13)21-20(26)22-18(24)11-28-19(25)12-27-16-9-7-15(8-10-16)14(2)23/h7-10,13,17H,3-6,11-12H2,1-2H3,(H2,21,22,24,26)/t13-,17+/m1/s1. The number of ketones is 1. The summed E-state index contributed by atoms with van der Waals surface area (Å²) in [5.41, 5.74) is 0.535. The van der Waals surface area contributed by atoms with Crippen LogP contribution in [0.4, 0.5) is 4.79 Å². The summed E-state index contributed by atoms with van der Waals surface area (Å²) < 4.78 is 10.0. The van der Waals surface area contributed by atoms with Crippen molar-refractivity contribution in [1.82, 2.24) is 10.6 Å². The van der Waals surface area contributed by atoms with Crippen molar-refractivity contribution in [2.24, 2.45) is 5.92 Å². The second-order valence-electron chi connectivity index (χ2n) is 6.92. The van der Waals surface area contributed by atoms with Gasteiger partial charge in [-0.3, -0.25) is 14.9 Å². The molecule has 28 heavy (non-hydrogen) atoms. The molecule has 152 valence electrons. The third-order valence-electron chi connectivity index (χ3n) is 4.66. The first-order chi connectivity index (χ1) is 13.3. The molecule has 0 bridgehead atoms. The smallest absolute Gasteiger partial charge is 0.344 e. The zero-order chi connectivity index (χ0) is 20.5. The molecule has 0 unspecified atom stereocenters. The van der Waals surface area contributed by atoms with Crippen LogP contribution in [0.1, 0.15) is 49.9 Å². The third kappa shape index (κ3) is 7.02. The Morgan fingerprint density at radius 3 is 2.36 bits per heavy atom. The van der Waals surface area contributed by atoms with Crippen molar-refractivity contribution in [3.63, 3.8) is 0 Å². The number of Topliss-reactive ketones (excluding diaryl/α,β-unsaturated/α-hetero) is 1. The highest BCUT2D eigenvalue weighted by Crippen LogP contribution is 2.23. The number of hydrogen-bond donors (Lipinski definition) is 2. The number of carbonyl (C=O) groups is 4. The lowest BCUT2D eigenvalue weighted by Crippen LogP contribution is -2.48. The molecule has 2 atom stereocenters. The zero-order valence-corrected chi connectivity index (χ0v) is 16.2. The average molecular weight is 390 g/mol. The highest BCUT2D eigenvalue weighted by molar-refractivity contribution is 5.95. The van der Waals surface area contributed by atoms with E-state index in [1.54, 1.807) is 24.3 Å². The molecule has 8 heteroatoms. The van der Waals surface area contributed by atoms with Crippen molar-refractivity contribution in [3.8, 4) is 5.75 Å². The Balaban J connectivity index is 1.65. The summed E-state index contributed by atoms with van der Waals surface area (Å²) in [6.07, 6.45) is 4.15. The van der Waals surface area contributed by atoms with Crippen LogP contribution in [0.5, 0.6) is 5.75 Å². The van der Waals surface area contributed by atoms with Crippen LogP contribution in [0.2, 0.25) is 0 Å². The van der Waals surface area contributed by atoms with E-state index in [1.807, 2.05) is 0 Å². The average Bonchev–Trinajstić information content (AvgIpc) is 2.66. The quantitative estimate of drug-likeness (QED) is 0.545. The van der Waals surface area contributed by atoms with Gasteiger partial charge in [-0.05, 0) is 49.9 Å². The van der Waals surface area contributed by atoms with E-state index in [9.17, 15) is 19.2 Å². The lowest BCUT2D eigenvalue weighted by Gasteiger charge is -2.29. The Labute approximate surface area is 164 Å². The molecular formula is C20H26N2O6. The number of hydrogen-bond acceptors (Lipinski definition) is 6. The van der Waals surface area contributed by atoms with Crippen LogP contribution in [0.25, 0.3) is 0 Å². The van der Waals surface area contributed by atoms with Gasteiger partial charge in [0.15, 0.2) is 19.0 Å². The Bertz CT molecular complexity index is 716. The van der Waals surface area contributed by atoms with Crippen LogP contribution in [0, 0.1) is 5.92 Å². The number of amides is 3. The van der Waals surface area contributed by atoms with Gasteiger partial charge in [0, 0.05) is 11.6 Å². The molecule has 2 N–H and O–H groups in total. The molecule has 0 saturated heterocycles. The van der Waals surface area contributed by atoms with Crippen molar-refractivity contribution >= 4 is 23.7 Å². The molecule has 1 fully saturated rings. The SMILES string of the molecule is CC(=O)c1ccc(OCC(=O)OCC(=O)NC(=O)N[C@H]2CCCC[C@H]2C)cc1. The van der Waals surface area contributed by atoms with Gasteiger partial charge in [0.25, 0.3) is 5.91 Å². The molecule has 0 heterocycles.